The van der Waals surface area contributed by atoms with E-state index in [4.69, 9.17) is 14.5 Å². The molecule has 0 spiro atoms. The van der Waals surface area contributed by atoms with Gasteiger partial charge in [0, 0.05) is 56.4 Å². The SMILES string of the molecule is CNCCOc1ccc(-c2cc(N3CC[C@@H](C(=O)N(C)C)C3)c3cc(F)c(OC)cc3n2)cc1. The molecule has 2 heterocycles. The molecule has 0 radical (unpaired) electrons. The number of rotatable bonds is 8. The van der Waals surface area contributed by atoms with Gasteiger partial charge in [-0.05, 0) is 49.9 Å². The number of amides is 1. The number of nitrogens with zero attached hydrogens (tertiary/aromatic N) is 3. The van der Waals surface area contributed by atoms with Gasteiger partial charge in [0.1, 0.15) is 12.4 Å². The molecule has 1 atom stereocenters. The Morgan fingerprint density at radius 2 is 2.00 bits per heavy atom. The Morgan fingerprint density at radius 3 is 2.68 bits per heavy atom. The maximum atomic E-state index is 14.6. The fraction of sp³-hybridized carbons (Fsp3) is 0.385. The van der Waals surface area contributed by atoms with E-state index in [1.54, 1.807) is 25.1 Å². The summed E-state index contributed by atoms with van der Waals surface area (Å²) in [6.45, 7) is 2.65. The van der Waals surface area contributed by atoms with Crippen molar-refractivity contribution >= 4 is 22.5 Å². The van der Waals surface area contributed by atoms with E-state index in [0.717, 1.165) is 35.7 Å². The third-order valence-corrected chi connectivity index (χ3v) is 6.15. The lowest BCUT2D eigenvalue weighted by Gasteiger charge is -2.23. The van der Waals surface area contributed by atoms with Gasteiger partial charge in [-0.15, -0.1) is 0 Å². The van der Waals surface area contributed by atoms with Gasteiger partial charge in [-0.25, -0.2) is 9.37 Å². The quantitative estimate of drug-likeness (QED) is 0.512. The van der Waals surface area contributed by atoms with Gasteiger partial charge < -0.3 is 24.6 Å². The van der Waals surface area contributed by atoms with Crippen molar-refractivity contribution < 1.29 is 18.7 Å². The highest BCUT2D eigenvalue weighted by Crippen LogP contribution is 2.37. The molecule has 1 N–H and O–H groups in total. The molecule has 3 aromatic rings. The fourth-order valence-corrected chi connectivity index (χ4v) is 4.31. The van der Waals surface area contributed by atoms with Crippen molar-refractivity contribution in [3.05, 3.63) is 48.3 Å². The zero-order valence-electron chi connectivity index (χ0n) is 20.1. The Balaban J connectivity index is 1.72. The van der Waals surface area contributed by atoms with Gasteiger partial charge >= 0.3 is 0 Å². The summed E-state index contributed by atoms with van der Waals surface area (Å²) in [5.74, 6) is 0.530. The fourth-order valence-electron chi connectivity index (χ4n) is 4.31. The lowest BCUT2D eigenvalue weighted by molar-refractivity contribution is -0.132. The van der Waals surface area contributed by atoms with Crippen LogP contribution in [0.3, 0.4) is 0 Å². The number of halogens is 1. The molecule has 0 saturated carbocycles. The van der Waals surface area contributed by atoms with Crippen LogP contribution in [-0.4, -0.2) is 70.3 Å². The van der Waals surface area contributed by atoms with E-state index in [1.165, 1.54) is 13.2 Å². The zero-order chi connectivity index (χ0) is 24.2. The summed E-state index contributed by atoms with van der Waals surface area (Å²) in [6, 6.07) is 12.9. The number of ether oxygens (including phenoxy) is 2. The van der Waals surface area contributed by atoms with E-state index in [-0.39, 0.29) is 17.6 Å². The van der Waals surface area contributed by atoms with Crippen LogP contribution in [-0.2, 0) is 4.79 Å². The number of carbonyl (C=O) groups excluding carboxylic acids is 1. The molecule has 0 bridgehead atoms. The van der Waals surface area contributed by atoms with Gasteiger partial charge in [-0.2, -0.15) is 0 Å². The molecule has 1 amide bonds. The van der Waals surface area contributed by atoms with E-state index in [0.29, 0.717) is 30.6 Å². The number of hydrogen-bond donors (Lipinski definition) is 1. The molecule has 1 aromatic heterocycles. The van der Waals surface area contributed by atoms with Crippen molar-refractivity contribution in [2.24, 2.45) is 5.92 Å². The average Bonchev–Trinajstić information content (AvgIpc) is 3.33. The van der Waals surface area contributed by atoms with Gasteiger partial charge in [-0.1, -0.05) is 0 Å². The van der Waals surface area contributed by atoms with E-state index >= 15 is 0 Å². The van der Waals surface area contributed by atoms with Crippen LogP contribution in [0.15, 0.2) is 42.5 Å². The number of aromatic nitrogens is 1. The predicted octanol–water partition coefficient (Wildman–Crippen LogP) is 3.56. The summed E-state index contributed by atoms with van der Waals surface area (Å²) in [6.07, 6.45) is 0.757. The monoisotopic (exact) mass is 466 g/mol. The zero-order valence-corrected chi connectivity index (χ0v) is 20.1. The summed E-state index contributed by atoms with van der Waals surface area (Å²) >= 11 is 0. The van der Waals surface area contributed by atoms with Crippen LogP contribution < -0.4 is 19.7 Å². The minimum atomic E-state index is -0.436. The first-order valence-electron chi connectivity index (χ1n) is 11.4. The molecular weight excluding hydrogens is 435 g/mol. The molecule has 34 heavy (non-hydrogen) atoms. The first kappa shape index (κ1) is 23.8. The van der Waals surface area contributed by atoms with Crippen molar-refractivity contribution in [1.82, 2.24) is 15.2 Å². The summed E-state index contributed by atoms with van der Waals surface area (Å²) in [4.78, 5) is 21.1. The highest BCUT2D eigenvalue weighted by Gasteiger charge is 2.30. The number of likely N-dealkylation sites (N-methyl/N-ethyl adjacent to an activating group) is 1. The Kier molecular flexibility index (Phi) is 7.17. The van der Waals surface area contributed by atoms with Crippen molar-refractivity contribution in [3.63, 3.8) is 0 Å². The van der Waals surface area contributed by atoms with Crippen molar-refractivity contribution in [2.45, 2.75) is 6.42 Å². The molecule has 7 nitrogen and oxygen atoms in total. The predicted molar refractivity (Wildman–Crippen MR) is 132 cm³/mol. The Labute approximate surface area is 199 Å². The number of carbonyl (C=O) groups is 1. The molecule has 180 valence electrons. The summed E-state index contributed by atoms with van der Waals surface area (Å²) in [7, 11) is 6.88. The van der Waals surface area contributed by atoms with Gasteiger partial charge in [0.15, 0.2) is 11.6 Å². The smallest absolute Gasteiger partial charge is 0.227 e. The first-order chi connectivity index (χ1) is 16.4. The van der Waals surface area contributed by atoms with Gasteiger partial charge in [0.2, 0.25) is 5.91 Å². The van der Waals surface area contributed by atoms with Gasteiger partial charge in [0.05, 0.1) is 24.2 Å². The topological polar surface area (TPSA) is 66.9 Å². The number of methoxy groups -OCH3 is 1. The summed E-state index contributed by atoms with van der Waals surface area (Å²) in [5, 5.41) is 3.76. The minimum absolute atomic E-state index is 0.0844. The van der Waals surface area contributed by atoms with Crippen LogP contribution in [0, 0.1) is 11.7 Å². The number of benzene rings is 2. The molecule has 1 aliphatic heterocycles. The molecule has 1 fully saturated rings. The van der Waals surface area contributed by atoms with E-state index in [1.807, 2.05) is 37.4 Å². The second-order valence-electron chi connectivity index (χ2n) is 8.67. The lowest BCUT2D eigenvalue weighted by Crippen LogP contribution is -2.31. The second kappa shape index (κ2) is 10.3. The van der Waals surface area contributed by atoms with Crippen LogP contribution in [0.5, 0.6) is 11.5 Å². The normalized spacial score (nSPS) is 15.6. The Bertz CT molecular complexity index is 1170. The van der Waals surface area contributed by atoms with Gasteiger partial charge in [-0.3, -0.25) is 4.79 Å². The van der Waals surface area contributed by atoms with Crippen molar-refractivity contribution in [1.29, 1.82) is 0 Å². The molecule has 2 aromatic carbocycles. The second-order valence-corrected chi connectivity index (χ2v) is 8.67. The van der Waals surface area contributed by atoms with Crippen molar-refractivity contribution in [3.8, 4) is 22.8 Å². The molecular formula is C26H31FN4O3. The number of anilines is 1. The standard InChI is InChI=1S/C26H31FN4O3/c1-28-10-12-34-19-7-5-17(6-8-19)22-14-24(31-11-9-18(16-31)26(32)30(2)3)20-13-21(27)25(33-4)15-23(20)29-22/h5-8,13-15,18,28H,9-12,16H2,1-4H3/t18-/m1/s1. The van der Waals surface area contributed by atoms with Crippen LogP contribution in [0.4, 0.5) is 10.1 Å². The molecule has 8 heteroatoms. The van der Waals surface area contributed by atoms with Crippen LogP contribution >= 0.6 is 0 Å². The van der Waals surface area contributed by atoms with Gasteiger partial charge in [0.25, 0.3) is 0 Å². The van der Waals surface area contributed by atoms with Crippen LogP contribution in [0.2, 0.25) is 0 Å². The summed E-state index contributed by atoms with van der Waals surface area (Å²) < 4.78 is 25.6. The summed E-state index contributed by atoms with van der Waals surface area (Å²) in [5.41, 5.74) is 3.19. The molecule has 4 rings (SSSR count). The van der Waals surface area contributed by atoms with Crippen molar-refractivity contribution in [2.75, 3.05) is 59.4 Å². The largest absolute Gasteiger partial charge is 0.494 e. The highest BCUT2D eigenvalue weighted by molar-refractivity contribution is 5.95. The van der Waals surface area contributed by atoms with E-state index < -0.39 is 5.82 Å². The van der Waals surface area contributed by atoms with E-state index in [9.17, 15) is 9.18 Å². The highest BCUT2D eigenvalue weighted by atomic mass is 19.1. The third kappa shape index (κ3) is 4.92. The molecule has 1 aliphatic rings. The molecule has 1 saturated heterocycles. The lowest BCUT2D eigenvalue weighted by atomic mass is 10.1. The number of nitrogens with one attached hydrogen (secondary N) is 1. The third-order valence-electron chi connectivity index (χ3n) is 6.15. The van der Waals surface area contributed by atoms with Crippen LogP contribution in [0.1, 0.15) is 6.42 Å². The molecule has 0 unspecified atom stereocenters. The average molecular weight is 467 g/mol. The Hall–Kier alpha value is -3.39. The Morgan fingerprint density at radius 1 is 1.24 bits per heavy atom. The van der Waals surface area contributed by atoms with E-state index in [2.05, 4.69) is 10.2 Å². The molecule has 0 aliphatic carbocycles. The number of hydrogen-bond acceptors (Lipinski definition) is 6. The van der Waals surface area contributed by atoms with Crippen LogP contribution in [0.25, 0.3) is 22.2 Å². The maximum absolute atomic E-state index is 14.6. The first-order valence-corrected chi connectivity index (χ1v) is 11.4. The maximum Gasteiger partial charge on any atom is 0.227 e. The number of pyridine rings is 1. The minimum Gasteiger partial charge on any atom is -0.494 e. The number of fused-ring (bicyclic) bond motifs is 1.